The standard InChI is InChI=1S/C9H12FNOS/c1-12-4-5-13-9-6-7(10)2-3-8(9)11/h2-3,6H,4-5,11H2,1H3. The molecule has 0 unspecified atom stereocenters. The molecule has 0 aliphatic rings. The Hall–Kier alpha value is -0.740. The van der Waals surface area contributed by atoms with Gasteiger partial charge in [0.1, 0.15) is 5.82 Å². The van der Waals surface area contributed by atoms with E-state index in [0.717, 1.165) is 10.6 Å². The van der Waals surface area contributed by atoms with Crippen LogP contribution >= 0.6 is 11.8 Å². The van der Waals surface area contributed by atoms with Gasteiger partial charge in [-0.3, -0.25) is 0 Å². The summed E-state index contributed by atoms with van der Waals surface area (Å²) in [4.78, 5) is 0.775. The minimum atomic E-state index is -0.255. The van der Waals surface area contributed by atoms with Crippen molar-refractivity contribution in [3.8, 4) is 0 Å². The number of nitrogen functional groups attached to an aromatic ring is 1. The van der Waals surface area contributed by atoms with Gasteiger partial charge in [0, 0.05) is 23.4 Å². The molecule has 13 heavy (non-hydrogen) atoms. The van der Waals surface area contributed by atoms with Crippen LogP contribution in [0.2, 0.25) is 0 Å². The third-order valence-corrected chi connectivity index (χ3v) is 2.56. The molecule has 1 aromatic carbocycles. The van der Waals surface area contributed by atoms with E-state index in [9.17, 15) is 4.39 Å². The molecule has 0 amide bonds. The maximum absolute atomic E-state index is 12.8. The molecule has 0 heterocycles. The third-order valence-electron chi connectivity index (χ3n) is 1.52. The highest BCUT2D eigenvalue weighted by atomic mass is 32.2. The lowest BCUT2D eigenvalue weighted by atomic mass is 10.3. The van der Waals surface area contributed by atoms with Crippen molar-refractivity contribution in [1.29, 1.82) is 0 Å². The van der Waals surface area contributed by atoms with Gasteiger partial charge in [0.05, 0.1) is 6.61 Å². The average molecular weight is 201 g/mol. The van der Waals surface area contributed by atoms with E-state index < -0.39 is 0 Å². The van der Waals surface area contributed by atoms with Gasteiger partial charge in [0.25, 0.3) is 0 Å². The number of anilines is 1. The van der Waals surface area contributed by atoms with Gasteiger partial charge in [0.15, 0.2) is 0 Å². The second kappa shape index (κ2) is 5.09. The fourth-order valence-electron chi connectivity index (χ4n) is 0.868. The zero-order chi connectivity index (χ0) is 9.68. The molecule has 0 atom stereocenters. The van der Waals surface area contributed by atoms with E-state index in [1.807, 2.05) is 0 Å². The van der Waals surface area contributed by atoms with E-state index in [4.69, 9.17) is 10.5 Å². The molecule has 0 aliphatic carbocycles. The Morgan fingerprint density at radius 1 is 1.54 bits per heavy atom. The van der Waals surface area contributed by atoms with Crippen LogP contribution in [0.4, 0.5) is 10.1 Å². The molecule has 0 bridgehead atoms. The SMILES string of the molecule is COCCSc1cc(F)ccc1N. The van der Waals surface area contributed by atoms with Gasteiger partial charge in [-0.15, -0.1) is 11.8 Å². The van der Waals surface area contributed by atoms with Gasteiger partial charge in [-0.25, -0.2) is 4.39 Å². The zero-order valence-corrected chi connectivity index (χ0v) is 8.23. The molecule has 0 saturated heterocycles. The summed E-state index contributed by atoms with van der Waals surface area (Å²) >= 11 is 1.50. The second-order valence-electron chi connectivity index (χ2n) is 2.52. The molecule has 0 radical (unpaired) electrons. The Morgan fingerprint density at radius 3 is 3.00 bits per heavy atom. The zero-order valence-electron chi connectivity index (χ0n) is 7.42. The predicted octanol–water partition coefficient (Wildman–Crippen LogP) is 2.15. The van der Waals surface area contributed by atoms with Crippen LogP contribution < -0.4 is 5.73 Å². The molecule has 0 spiro atoms. The number of benzene rings is 1. The van der Waals surface area contributed by atoms with Crippen molar-refractivity contribution in [2.45, 2.75) is 4.90 Å². The molecule has 72 valence electrons. The summed E-state index contributed by atoms with van der Waals surface area (Å²) in [6.45, 7) is 0.640. The third kappa shape index (κ3) is 3.24. The quantitative estimate of drug-likeness (QED) is 0.460. The van der Waals surface area contributed by atoms with Gasteiger partial charge >= 0.3 is 0 Å². The number of ether oxygens (including phenoxy) is 1. The normalized spacial score (nSPS) is 10.3. The summed E-state index contributed by atoms with van der Waals surface area (Å²) in [5, 5.41) is 0. The largest absolute Gasteiger partial charge is 0.398 e. The summed E-state index contributed by atoms with van der Waals surface area (Å²) in [5.74, 6) is 0.526. The van der Waals surface area contributed by atoms with Gasteiger partial charge in [-0.1, -0.05) is 0 Å². The van der Waals surface area contributed by atoms with E-state index in [1.165, 1.54) is 23.9 Å². The Balaban J connectivity index is 2.59. The van der Waals surface area contributed by atoms with Crippen molar-refractivity contribution >= 4 is 17.4 Å². The maximum atomic E-state index is 12.8. The number of thioether (sulfide) groups is 1. The molecular weight excluding hydrogens is 189 g/mol. The highest BCUT2D eigenvalue weighted by Crippen LogP contribution is 2.25. The van der Waals surface area contributed by atoms with Crippen LogP contribution in [0.25, 0.3) is 0 Å². The van der Waals surface area contributed by atoms with Crippen molar-refractivity contribution in [3.63, 3.8) is 0 Å². The van der Waals surface area contributed by atoms with Crippen molar-refractivity contribution in [2.24, 2.45) is 0 Å². The fourth-order valence-corrected chi connectivity index (χ4v) is 1.77. The summed E-state index contributed by atoms with van der Waals surface area (Å²) in [6, 6.07) is 4.37. The number of hydrogen-bond donors (Lipinski definition) is 1. The van der Waals surface area contributed by atoms with Crippen LogP contribution in [-0.2, 0) is 4.74 Å². The van der Waals surface area contributed by atoms with Crippen LogP contribution in [0.5, 0.6) is 0 Å². The fraction of sp³-hybridized carbons (Fsp3) is 0.333. The summed E-state index contributed by atoms with van der Waals surface area (Å²) in [7, 11) is 1.63. The van der Waals surface area contributed by atoms with Crippen molar-refractivity contribution in [1.82, 2.24) is 0 Å². The van der Waals surface area contributed by atoms with Gasteiger partial charge in [-0.05, 0) is 18.2 Å². The lowest BCUT2D eigenvalue weighted by molar-refractivity contribution is 0.218. The Kier molecular flexibility index (Phi) is 4.05. The summed E-state index contributed by atoms with van der Waals surface area (Å²) in [6.07, 6.45) is 0. The molecule has 0 aromatic heterocycles. The van der Waals surface area contributed by atoms with Gasteiger partial charge in [0.2, 0.25) is 0 Å². The Morgan fingerprint density at radius 2 is 2.31 bits per heavy atom. The van der Waals surface area contributed by atoms with Gasteiger partial charge in [-0.2, -0.15) is 0 Å². The first-order chi connectivity index (χ1) is 6.24. The van der Waals surface area contributed by atoms with Crippen LogP contribution in [0.1, 0.15) is 0 Å². The topological polar surface area (TPSA) is 35.2 Å². The average Bonchev–Trinajstić information content (AvgIpc) is 2.11. The Bertz CT molecular complexity index is 280. The molecule has 0 saturated carbocycles. The predicted molar refractivity (Wildman–Crippen MR) is 53.4 cm³/mol. The molecule has 4 heteroatoms. The van der Waals surface area contributed by atoms with Crippen LogP contribution in [0.15, 0.2) is 23.1 Å². The first-order valence-electron chi connectivity index (χ1n) is 3.91. The van der Waals surface area contributed by atoms with E-state index >= 15 is 0 Å². The van der Waals surface area contributed by atoms with E-state index in [2.05, 4.69) is 0 Å². The highest BCUT2D eigenvalue weighted by Gasteiger charge is 2.00. The smallest absolute Gasteiger partial charge is 0.124 e. The molecule has 1 rings (SSSR count). The summed E-state index contributed by atoms with van der Waals surface area (Å²) < 4.78 is 17.6. The van der Waals surface area contributed by atoms with Crippen LogP contribution in [0, 0.1) is 5.82 Å². The molecule has 0 aliphatic heterocycles. The lowest BCUT2D eigenvalue weighted by Crippen LogP contribution is -1.94. The molecule has 2 N–H and O–H groups in total. The number of nitrogens with two attached hydrogens (primary N) is 1. The maximum Gasteiger partial charge on any atom is 0.124 e. The lowest BCUT2D eigenvalue weighted by Gasteiger charge is -2.04. The first kappa shape index (κ1) is 10.3. The monoisotopic (exact) mass is 201 g/mol. The van der Waals surface area contributed by atoms with Crippen molar-refractivity contribution in [3.05, 3.63) is 24.0 Å². The van der Waals surface area contributed by atoms with E-state index in [1.54, 1.807) is 13.2 Å². The number of methoxy groups -OCH3 is 1. The minimum absolute atomic E-state index is 0.255. The minimum Gasteiger partial charge on any atom is -0.398 e. The molecule has 0 fully saturated rings. The van der Waals surface area contributed by atoms with Crippen molar-refractivity contribution in [2.75, 3.05) is 25.2 Å². The molecule has 2 nitrogen and oxygen atoms in total. The number of rotatable bonds is 4. The van der Waals surface area contributed by atoms with Gasteiger partial charge < -0.3 is 10.5 Å². The number of halogens is 1. The molecule has 1 aromatic rings. The van der Waals surface area contributed by atoms with Crippen molar-refractivity contribution < 1.29 is 9.13 Å². The summed E-state index contributed by atoms with van der Waals surface area (Å²) in [5.41, 5.74) is 6.26. The van der Waals surface area contributed by atoms with Crippen LogP contribution in [0.3, 0.4) is 0 Å². The van der Waals surface area contributed by atoms with Crippen LogP contribution in [-0.4, -0.2) is 19.5 Å². The Labute approximate surface area is 81.3 Å². The van der Waals surface area contributed by atoms with E-state index in [-0.39, 0.29) is 5.82 Å². The molecular formula is C9H12FNOS. The van der Waals surface area contributed by atoms with E-state index in [0.29, 0.717) is 12.3 Å². The first-order valence-corrected chi connectivity index (χ1v) is 4.89. The highest BCUT2D eigenvalue weighted by molar-refractivity contribution is 7.99. The second-order valence-corrected chi connectivity index (χ2v) is 3.66. The number of hydrogen-bond acceptors (Lipinski definition) is 3.